The van der Waals surface area contributed by atoms with Gasteiger partial charge in [0.05, 0.1) is 0 Å². The molecule has 0 unspecified atom stereocenters. The standard InChI is InChI=1S/C18H18N2O3/c1-11-4-6-16(12(2)8-11)22-10-18(21)20-14-5-7-17-15(9-14)19-13(3)23-17/h4-9H,10H2,1-3H3,(H,20,21). The monoisotopic (exact) mass is 310 g/mol. The molecule has 5 heteroatoms. The first kappa shape index (κ1) is 15.1. The molecule has 0 aliphatic carbocycles. The number of ether oxygens (including phenoxy) is 1. The summed E-state index contributed by atoms with van der Waals surface area (Å²) in [5.41, 5.74) is 4.26. The number of nitrogens with one attached hydrogen (secondary N) is 1. The van der Waals surface area contributed by atoms with E-state index in [1.807, 2.05) is 32.0 Å². The largest absolute Gasteiger partial charge is 0.483 e. The van der Waals surface area contributed by atoms with E-state index in [0.717, 1.165) is 16.6 Å². The zero-order chi connectivity index (χ0) is 16.4. The summed E-state index contributed by atoms with van der Waals surface area (Å²) in [6, 6.07) is 11.2. The van der Waals surface area contributed by atoms with Crippen molar-refractivity contribution < 1.29 is 13.9 Å². The number of rotatable bonds is 4. The van der Waals surface area contributed by atoms with E-state index in [1.165, 1.54) is 0 Å². The average Bonchev–Trinajstić information content (AvgIpc) is 2.85. The molecule has 5 nitrogen and oxygen atoms in total. The Labute approximate surface area is 134 Å². The zero-order valence-electron chi connectivity index (χ0n) is 13.3. The summed E-state index contributed by atoms with van der Waals surface area (Å²) in [4.78, 5) is 16.3. The minimum absolute atomic E-state index is 0.0419. The van der Waals surface area contributed by atoms with Crippen molar-refractivity contribution in [2.24, 2.45) is 0 Å². The fourth-order valence-electron chi connectivity index (χ4n) is 2.42. The van der Waals surface area contributed by atoms with E-state index in [9.17, 15) is 4.79 Å². The average molecular weight is 310 g/mol. The SMILES string of the molecule is Cc1ccc(OCC(=O)Nc2ccc3oc(C)nc3c2)c(C)c1. The van der Waals surface area contributed by atoms with Gasteiger partial charge in [0.25, 0.3) is 5.91 Å². The Morgan fingerprint density at radius 1 is 1.17 bits per heavy atom. The van der Waals surface area contributed by atoms with Crippen LogP contribution in [0.2, 0.25) is 0 Å². The van der Waals surface area contributed by atoms with Crippen molar-refractivity contribution >= 4 is 22.7 Å². The summed E-state index contributed by atoms with van der Waals surface area (Å²) in [5, 5.41) is 2.80. The van der Waals surface area contributed by atoms with Crippen molar-refractivity contribution in [2.45, 2.75) is 20.8 Å². The third-order valence-electron chi connectivity index (χ3n) is 3.47. The fourth-order valence-corrected chi connectivity index (χ4v) is 2.42. The number of aryl methyl sites for hydroxylation is 3. The van der Waals surface area contributed by atoms with E-state index in [2.05, 4.69) is 10.3 Å². The summed E-state index contributed by atoms with van der Waals surface area (Å²) < 4.78 is 11.0. The Morgan fingerprint density at radius 3 is 2.78 bits per heavy atom. The quantitative estimate of drug-likeness (QED) is 0.796. The van der Waals surface area contributed by atoms with E-state index in [0.29, 0.717) is 22.9 Å². The van der Waals surface area contributed by atoms with Gasteiger partial charge in [-0.1, -0.05) is 17.7 Å². The van der Waals surface area contributed by atoms with Crippen LogP contribution in [0.25, 0.3) is 11.1 Å². The van der Waals surface area contributed by atoms with Gasteiger partial charge in [0, 0.05) is 12.6 Å². The maximum absolute atomic E-state index is 12.0. The number of oxazole rings is 1. The van der Waals surface area contributed by atoms with Crippen molar-refractivity contribution in [3.05, 3.63) is 53.4 Å². The first-order valence-electron chi connectivity index (χ1n) is 7.38. The smallest absolute Gasteiger partial charge is 0.262 e. The van der Waals surface area contributed by atoms with Crippen molar-refractivity contribution in [2.75, 3.05) is 11.9 Å². The van der Waals surface area contributed by atoms with Crippen molar-refractivity contribution in [1.82, 2.24) is 4.98 Å². The van der Waals surface area contributed by atoms with Crippen LogP contribution in [0.15, 0.2) is 40.8 Å². The molecule has 118 valence electrons. The third kappa shape index (κ3) is 3.51. The first-order valence-corrected chi connectivity index (χ1v) is 7.38. The second kappa shape index (κ2) is 6.12. The van der Waals surface area contributed by atoms with Crippen LogP contribution in [-0.2, 0) is 4.79 Å². The molecule has 1 amide bonds. The number of hydrogen-bond donors (Lipinski definition) is 1. The van der Waals surface area contributed by atoms with E-state index < -0.39 is 0 Å². The summed E-state index contributed by atoms with van der Waals surface area (Å²) >= 11 is 0. The Hall–Kier alpha value is -2.82. The van der Waals surface area contributed by atoms with Crippen molar-refractivity contribution in [3.8, 4) is 5.75 Å². The molecule has 0 saturated carbocycles. The van der Waals surface area contributed by atoms with Crippen LogP contribution in [0.1, 0.15) is 17.0 Å². The van der Waals surface area contributed by atoms with Crippen LogP contribution in [-0.4, -0.2) is 17.5 Å². The summed E-state index contributed by atoms with van der Waals surface area (Å²) in [6.07, 6.45) is 0. The van der Waals surface area contributed by atoms with E-state index in [-0.39, 0.29) is 12.5 Å². The van der Waals surface area contributed by atoms with E-state index in [4.69, 9.17) is 9.15 Å². The summed E-state index contributed by atoms with van der Waals surface area (Å²) in [5.74, 6) is 1.10. The second-order valence-corrected chi connectivity index (χ2v) is 5.52. The lowest BCUT2D eigenvalue weighted by Gasteiger charge is -2.10. The molecule has 0 saturated heterocycles. The highest BCUT2D eigenvalue weighted by molar-refractivity contribution is 5.93. The lowest BCUT2D eigenvalue weighted by Crippen LogP contribution is -2.20. The molecular weight excluding hydrogens is 292 g/mol. The number of carbonyl (C=O) groups is 1. The molecule has 0 radical (unpaired) electrons. The Bertz CT molecular complexity index is 868. The molecule has 3 aromatic rings. The minimum atomic E-state index is -0.218. The topological polar surface area (TPSA) is 64.4 Å². The first-order chi connectivity index (χ1) is 11.0. The van der Waals surface area contributed by atoms with E-state index in [1.54, 1.807) is 25.1 Å². The van der Waals surface area contributed by atoms with Crippen LogP contribution >= 0.6 is 0 Å². The van der Waals surface area contributed by atoms with Gasteiger partial charge in [0.2, 0.25) is 0 Å². The maximum atomic E-state index is 12.0. The Morgan fingerprint density at radius 2 is 2.00 bits per heavy atom. The normalized spacial score (nSPS) is 10.7. The Kier molecular flexibility index (Phi) is 4.02. The number of anilines is 1. The highest BCUT2D eigenvalue weighted by Crippen LogP contribution is 2.20. The molecule has 0 bridgehead atoms. The second-order valence-electron chi connectivity index (χ2n) is 5.52. The van der Waals surface area contributed by atoms with Crippen molar-refractivity contribution in [3.63, 3.8) is 0 Å². The van der Waals surface area contributed by atoms with Crippen LogP contribution < -0.4 is 10.1 Å². The van der Waals surface area contributed by atoms with Crippen LogP contribution in [0, 0.1) is 20.8 Å². The Balaban J connectivity index is 1.63. The number of amides is 1. The lowest BCUT2D eigenvalue weighted by molar-refractivity contribution is -0.118. The van der Waals surface area contributed by atoms with Crippen LogP contribution in [0.5, 0.6) is 5.75 Å². The minimum Gasteiger partial charge on any atom is -0.483 e. The molecule has 0 spiro atoms. The van der Waals surface area contributed by atoms with Gasteiger partial charge < -0.3 is 14.5 Å². The van der Waals surface area contributed by atoms with Crippen LogP contribution in [0.3, 0.4) is 0 Å². The van der Waals surface area contributed by atoms with Gasteiger partial charge in [-0.05, 0) is 43.7 Å². The molecular formula is C18H18N2O3. The number of carbonyl (C=O) groups excluding carboxylic acids is 1. The predicted octanol–water partition coefficient (Wildman–Crippen LogP) is 3.77. The highest BCUT2D eigenvalue weighted by Gasteiger charge is 2.08. The van der Waals surface area contributed by atoms with E-state index >= 15 is 0 Å². The molecule has 0 atom stereocenters. The lowest BCUT2D eigenvalue weighted by atomic mass is 10.1. The number of hydrogen-bond acceptors (Lipinski definition) is 4. The van der Waals surface area contributed by atoms with Gasteiger partial charge in [-0.15, -0.1) is 0 Å². The molecule has 1 heterocycles. The van der Waals surface area contributed by atoms with Gasteiger partial charge in [0.15, 0.2) is 18.1 Å². The number of aromatic nitrogens is 1. The van der Waals surface area contributed by atoms with Crippen molar-refractivity contribution in [1.29, 1.82) is 0 Å². The highest BCUT2D eigenvalue weighted by atomic mass is 16.5. The molecule has 23 heavy (non-hydrogen) atoms. The molecule has 1 aromatic heterocycles. The number of benzene rings is 2. The molecule has 2 aromatic carbocycles. The molecule has 0 aliphatic rings. The third-order valence-corrected chi connectivity index (χ3v) is 3.47. The fraction of sp³-hybridized carbons (Fsp3) is 0.222. The predicted molar refractivity (Wildman–Crippen MR) is 88.8 cm³/mol. The summed E-state index contributed by atoms with van der Waals surface area (Å²) in [6.45, 7) is 5.72. The van der Waals surface area contributed by atoms with Gasteiger partial charge in [0.1, 0.15) is 11.3 Å². The summed E-state index contributed by atoms with van der Waals surface area (Å²) in [7, 11) is 0. The van der Waals surface area contributed by atoms with Gasteiger partial charge in [-0.3, -0.25) is 4.79 Å². The van der Waals surface area contributed by atoms with Gasteiger partial charge in [-0.2, -0.15) is 0 Å². The maximum Gasteiger partial charge on any atom is 0.262 e. The molecule has 3 rings (SSSR count). The van der Waals surface area contributed by atoms with Gasteiger partial charge in [-0.25, -0.2) is 4.98 Å². The number of nitrogens with zero attached hydrogens (tertiary/aromatic N) is 1. The zero-order valence-corrected chi connectivity index (χ0v) is 13.3. The molecule has 0 fully saturated rings. The molecule has 1 N–H and O–H groups in total. The number of fused-ring (bicyclic) bond motifs is 1. The van der Waals surface area contributed by atoms with Gasteiger partial charge >= 0.3 is 0 Å². The van der Waals surface area contributed by atoms with Crippen LogP contribution in [0.4, 0.5) is 5.69 Å². The molecule has 0 aliphatic heterocycles.